The highest BCUT2D eigenvalue weighted by atomic mass is 79.9. The number of aromatic nitrogens is 2. The molecular formula is C15H11BrClF6N5O2. The van der Waals surface area contributed by atoms with Gasteiger partial charge < -0.3 is 20.5 Å². The van der Waals surface area contributed by atoms with Crippen LogP contribution in [0.3, 0.4) is 0 Å². The Hall–Kier alpha value is -2.48. The van der Waals surface area contributed by atoms with E-state index in [0.29, 0.717) is 5.69 Å². The summed E-state index contributed by atoms with van der Waals surface area (Å²) < 4.78 is 84.1. The van der Waals surface area contributed by atoms with Crippen LogP contribution in [-0.2, 0) is 0 Å². The van der Waals surface area contributed by atoms with Gasteiger partial charge in [0.2, 0.25) is 17.7 Å². The Bertz CT molecular complexity index is 869. The second-order valence-electron chi connectivity index (χ2n) is 5.38. The molecule has 0 atom stereocenters. The molecule has 0 fully saturated rings. The summed E-state index contributed by atoms with van der Waals surface area (Å²) in [5.74, 6) is -2.72. The van der Waals surface area contributed by atoms with Crippen LogP contribution in [0.2, 0.25) is 5.02 Å². The van der Waals surface area contributed by atoms with E-state index in [1.54, 1.807) is 24.3 Å². The third kappa shape index (κ3) is 8.10. The third-order valence-corrected chi connectivity index (χ3v) is 3.71. The lowest BCUT2D eigenvalue weighted by molar-refractivity contribution is -0.154. The third-order valence-electron chi connectivity index (χ3n) is 2.86. The zero-order valence-corrected chi connectivity index (χ0v) is 16.8. The molecule has 1 aromatic carbocycles. The molecule has 0 spiro atoms. The van der Waals surface area contributed by atoms with E-state index in [4.69, 9.17) is 17.3 Å². The molecular weight excluding hydrogens is 512 g/mol. The molecule has 0 saturated heterocycles. The summed E-state index contributed by atoms with van der Waals surface area (Å²) in [7, 11) is 0. The lowest BCUT2D eigenvalue weighted by Gasteiger charge is -2.14. The normalized spacial score (nSPS) is 12.6. The number of nitrogens with two attached hydrogens (primary N) is 1. The van der Waals surface area contributed by atoms with Crippen molar-refractivity contribution in [1.29, 1.82) is 0 Å². The molecule has 0 saturated carbocycles. The van der Waals surface area contributed by atoms with Crippen molar-refractivity contribution >= 4 is 45.1 Å². The zero-order chi connectivity index (χ0) is 22.5. The van der Waals surface area contributed by atoms with Gasteiger partial charge in [0, 0.05) is 10.2 Å². The van der Waals surface area contributed by atoms with Gasteiger partial charge in [0.05, 0.1) is 0 Å². The van der Waals surface area contributed by atoms with Crippen molar-refractivity contribution in [3.8, 4) is 11.8 Å². The van der Waals surface area contributed by atoms with Crippen LogP contribution in [0.4, 0.5) is 38.0 Å². The van der Waals surface area contributed by atoms with Crippen molar-refractivity contribution in [2.45, 2.75) is 12.4 Å². The van der Waals surface area contributed by atoms with Gasteiger partial charge in [-0.15, -0.1) is 0 Å². The number of halogens is 8. The fraction of sp³-hybridized carbons (Fsp3) is 0.267. The van der Waals surface area contributed by atoms with Crippen molar-refractivity contribution in [3.05, 3.63) is 33.8 Å². The summed E-state index contributed by atoms with van der Waals surface area (Å²) in [6.45, 7) is -3.61. The largest absolute Gasteiger partial charge is 0.467 e. The van der Waals surface area contributed by atoms with E-state index in [1.165, 1.54) is 0 Å². The molecule has 0 amide bonds. The zero-order valence-electron chi connectivity index (χ0n) is 14.5. The molecule has 0 aliphatic carbocycles. The average molecular weight is 523 g/mol. The monoisotopic (exact) mass is 521 g/mol. The van der Waals surface area contributed by atoms with Crippen LogP contribution in [0, 0.1) is 0 Å². The second kappa shape index (κ2) is 9.55. The van der Waals surface area contributed by atoms with Crippen LogP contribution >= 0.6 is 27.5 Å². The van der Waals surface area contributed by atoms with Gasteiger partial charge >= 0.3 is 12.4 Å². The van der Waals surface area contributed by atoms with Gasteiger partial charge in [0.25, 0.3) is 5.95 Å². The highest BCUT2D eigenvalue weighted by molar-refractivity contribution is 9.10. The first-order valence-corrected chi connectivity index (χ1v) is 8.83. The molecule has 0 unspecified atom stereocenters. The second-order valence-corrected chi connectivity index (χ2v) is 6.68. The molecule has 1 aromatic heterocycles. The Balaban J connectivity index is 2.32. The number of alkyl halides is 6. The van der Waals surface area contributed by atoms with Crippen LogP contribution in [0.25, 0.3) is 0 Å². The minimum atomic E-state index is -4.76. The molecule has 2 rings (SSSR count). The molecule has 0 bridgehead atoms. The Morgan fingerprint density at radius 3 is 1.90 bits per heavy atom. The Morgan fingerprint density at radius 1 is 1.00 bits per heavy atom. The first-order valence-electron chi connectivity index (χ1n) is 7.66. The van der Waals surface area contributed by atoms with Crippen LogP contribution < -0.4 is 20.5 Å². The molecule has 15 heteroatoms. The predicted molar refractivity (Wildman–Crippen MR) is 99.2 cm³/mol. The molecule has 30 heavy (non-hydrogen) atoms. The summed E-state index contributed by atoms with van der Waals surface area (Å²) >= 11 is 8.95. The Kier molecular flexibility index (Phi) is 7.58. The molecule has 0 radical (unpaired) electrons. The van der Waals surface area contributed by atoms with E-state index in [1.807, 2.05) is 0 Å². The van der Waals surface area contributed by atoms with E-state index in [0.717, 1.165) is 4.47 Å². The molecule has 0 aliphatic heterocycles. The number of guanidine groups is 1. The van der Waals surface area contributed by atoms with E-state index >= 15 is 0 Å². The van der Waals surface area contributed by atoms with Gasteiger partial charge in [-0.25, -0.2) is 0 Å². The summed E-state index contributed by atoms with van der Waals surface area (Å²) in [5, 5.41) is 1.85. The topological polar surface area (TPSA) is 94.7 Å². The smallest absolute Gasteiger partial charge is 0.422 e. The number of nitrogens with zero attached hydrogens (tertiary/aromatic N) is 3. The maximum Gasteiger partial charge on any atom is 0.422 e. The maximum absolute atomic E-state index is 12.4. The van der Waals surface area contributed by atoms with Crippen molar-refractivity contribution in [1.82, 2.24) is 9.97 Å². The minimum Gasteiger partial charge on any atom is -0.467 e. The highest BCUT2D eigenvalue weighted by Gasteiger charge is 2.32. The molecule has 7 nitrogen and oxygen atoms in total. The summed E-state index contributed by atoms with van der Waals surface area (Å²) in [4.78, 5) is 10.8. The maximum atomic E-state index is 12.4. The van der Waals surface area contributed by atoms with Crippen LogP contribution in [-0.4, -0.2) is 41.5 Å². The standard InChI is InChI=1S/C15H11BrClF6N5O2/c16-7-1-3-8(4-2-7)25-12(24)28-13-26-10(29-5-14(18,19)20)9(17)11(27-13)30-6-15(21,22)23/h1-4H,5-6H2,(H3,24,25,26,27,28). The number of ether oxygens (including phenoxy) is 2. The first kappa shape index (κ1) is 23.8. The number of hydrogen-bond donors (Lipinski definition) is 2. The summed E-state index contributed by atoms with van der Waals surface area (Å²) in [6.07, 6.45) is -9.51. The van der Waals surface area contributed by atoms with Gasteiger partial charge in [0.1, 0.15) is 0 Å². The minimum absolute atomic E-state index is 0.316. The SMILES string of the molecule is NC(=Nc1nc(OCC(F)(F)F)c(Cl)c(OCC(F)(F)F)n1)Nc1ccc(Br)cc1. The van der Waals surface area contributed by atoms with Crippen molar-refractivity contribution < 1.29 is 35.8 Å². The lowest BCUT2D eigenvalue weighted by atomic mass is 10.3. The molecule has 1 heterocycles. The summed E-state index contributed by atoms with van der Waals surface area (Å²) in [6, 6.07) is 6.59. The van der Waals surface area contributed by atoms with Crippen LogP contribution in [0.15, 0.2) is 33.7 Å². The van der Waals surface area contributed by atoms with Gasteiger partial charge in [0.15, 0.2) is 18.2 Å². The first-order chi connectivity index (χ1) is 13.8. The summed E-state index contributed by atoms with van der Waals surface area (Å²) in [5.41, 5.74) is 6.15. The van der Waals surface area contributed by atoms with E-state index in [-0.39, 0.29) is 5.96 Å². The van der Waals surface area contributed by atoms with E-state index in [9.17, 15) is 26.3 Å². The fourth-order valence-electron chi connectivity index (χ4n) is 1.75. The quantitative estimate of drug-likeness (QED) is 0.321. The molecule has 164 valence electrons. The van der Waals surface area contributed by atoms with Crippen molar-refractivity contribution in [2.75, 3.05) is 18.5 Å². The Labute approximate surface area is 178 Å². The predicted octanol–water partition coefficient (Wildman–Crippen LogP) is 4.83. The van der Waals surface area contributed by atoms with E-state index in [2.05, 4.69) is 45.7 Å². The lowest BCUT2D eigenvalue weighted by Crippen LogP contribution is -2.23. The van der Waals surface area contributed by atoms with Gasteiger partial charge in [-0.1, -0.05) is 27.5 Å². The van der Waals surface area contributed by atoms with Gasteiger partial charge in [-0.3, -0.25) is 0 Å². The van der Waals surface area contributed by atoms with Crippen molar-refractivity contribution in [2.24, 2.45) is 10.7 Å². The average Bonchev–Trinajstić information content (AvgIpc) is 2.61. The number of rotatable bonds is 6. The fourth-order valence-corrected chi connectivity index (χ4v) is 2.21. The number of hydrogen-bond acceptors (Lipinski definition) is 5. The van der Waals surface area contributed by atoms with Gasteiger partial charge in [-0.05, 0) is 24.3 Å². The van der Waals surface area contributed by atoms with Crippen molar-refractivity contribution in [3.63, 3.8) is 0 Å². The number of benzene rings is 1. The molecule has 0 aliphatic rings. The Morgan fingerprint density at radius 2 is 1.47 bits per heavy atom. The van der Waals surface area contributed by atoms with Gasteiger partial charge in [-0.2, -0.15) is 41.3 Å². The number of nitrogens with one attached hydrogen (secondary N) is 1. The van der Waals surface area contributed by atoms with Crippen LogP contribution in [0.1, 0.15) is 0 Å². The molecule has 2 aromatic rings. The van der Waals surface area contributed by atoms with Crippen LogP contribution in [0.5, 0.6) is 11.8 Å². The highest BCUT2D eigenvalue weighted by Crippen LogP contribution is 2.34. The molecule has 3 N–H and O–H groups in total. The van der Waals surface area contributed by atoms with E-state index < -0.39 is 48.3 Å². The number of anilines is 1. The number of aliphatic imine (C=N–C) groups is 1.